The van der Waals surface area contributed by atoms with Gasteiger partial charge in [0.15, 0.2) is 0 Å². The van der Waals surface area contributed by atoms with Crippen molar-refractivity contribution < 1.29 is 19.1 Å². The predicted molar refractivity (Wildman–Crippen MR) is 104 cm³/mol. The SMILES string of the molecule is CCC(C(=O)OCC(C)C)n1cnc2sc(C(=O)OC(C)C)c(C)c2c1=O. The maximum atomic E-state index is 13.0. The summed E-state index contributed by atoms with van der Waals surface area (Å²) in [5.41, 5.74) is 0.170. The van der Waals surface area contributed by atoms with Gasteiger partial charge in [0, 0.05) is 0 Å². The number of hydrogen-bond donors (Lipinski definition) is 0. The molecule has 0 saturated heterocycles. The Morgan fingerprint density at radius 2 is 1.93 bits per heavy atom. The fraction of sp³-hybridized carbons (Fsp3) is 0.579. The topological polar surface area (TPSA) is 87.5 Å². The Bertz CT molecular complexity index is 897. The van der Waals surface area contributed by atoms with E-state index >= 15 is 0 Å². The van der Waals surface area contributed by atoms with Crippen molar-refractivity contribution >= 4 is 33.5 Å². The monoisotopic (exact) mass is 394 g/mol. The van der Waals surface area contributed by atoms with E-state index in [1.165, 1.54) is 10.9 Å². The molecule has 0 bridgehead atoms. The van der Waals surface area contributed by atoms with E-state index in [2.05, 4.69) is 4.98 Å². The van der Waals surface area contributed by atoms with Crippen molar-refractivity contribution in [3.8, 4) is 0 Å². The third-order valence-electron chi connectivity index (χ3n) is 3.96. The van der Waals surface area contributed by atoms with Crippen LogP contribution >= 0.6 is 11.3 Å². The molecule has 0 fully saturated rings. The Balaban J connectivity index is 2.46. The van der Waals surface area contributed by atoms with Crippen LogP contribution in [0.2, 0.25) is 0 Å². The summed E-state index contributed by atoms with van der Waals surface area (Å²) in [6, 6.07) is -0.751. The van der Waals surface area contributed by atoms with Crippen molar-refractivity contribution in [2.45, 2.75) is 60.1 Å². The molecule has 0 spiro atoms. The molecular formula is C19H26N2O5S. The number of hydrogen-bond acceptors (Lipinski definition) is 7. The lowest BCUT2D eigenvalue weighted by molar-refractivity contribution is -0.149. The number of aryl methyl sites for hydroxylation is 1. The lowest BCUT2D eigenvalue weighted by Crippen LogP contribution is -2.31. The van der Waals surface area contributed by atoms with E-state index < -0.39 is 18.0 Å². The molecule has 0 saturated carbocycles. The molecule has 0 aliphatic rings. The molecule has 0 radical (unpaired) electrons. The maximum absolute atomic E-state index is 13.0. The van der Waals surface area contributed by atoms with Gasteiger partial charge >= 0.3 is 11.9 Å². The van der Waals surface area contributed by atoms with Gasteiger partial charge in [-0.3, -0.25) is 9.36 Å². The Kier molecular flexibility index (Phi) is 6.75. The zero-order valence-corrected chi connectivity index (χ0v) is 17.4. The van der Waals surface area contributed by atoms with Gasteiger partial charge in [0.25, 0.3) is 5.56 Å². The second kappa shape index (κ2) is 8.65. The third kappa shape index (κ3) is 4.55. The Morgan fingerprint density at radius 3 is 2.48 bits per heavy atom. The van der Waals surface area contributed by atoms with Crippen LogP contribution in [0.4, 0.5) is 0 Å². The van der Waals surface area contributed by atoms with Crippen LogP contribution in [0, 0.1) is 12.8 Å². The highest BCUT2D eigenvalue weighted by Crippen LogP contribution is 2.28. The number of nitrogens with zero attached hydrogens (tertiary/aromatic N) is 2. The Morgan fingerprint density at radius 1 is 1.26 bits per heavy atom. The summed E-state index contributed by atoms with van der Waals surface area (Å²) in [5, 5.41) is 0.341. The standard InChI is InChI=1S/C19H26N2O5S/c1-7-13(18(23)25-8-10(2)3)21-9-20-16-14(17(21)22)12(6)15(27-16)19(24)26-11(4)5/h9-11,13H,7-8H2,1-6H3. The molecule has 2 aromatic heterocycles. The van der Waals surface area contributed by atoms with Gasteiger partial charge in [0.2, 0.25) is 0 Å². The van der Waals surface area contributed by atoms with Crippen LogP contribution in [0.5, 0.6) is 0 Å². The summed E-state index contributed by atoms with van der Waals surface area (Å²) in [4.78, 5) is 42.8. The smallest absolute Gasteiger partial charge is 0.348 e. The van der Waals surface area contributed by atoms with E-state index in [1.54, 1.807) is 20.8 Å². The van der Waals surface area contributed by atoms with E-state index in [0.29, 0.717) is 33.7 Å². The average Bonchev–Trinajstić information content (AvgIpc) is 2.92. The van der Waals surface area contributed by atoms with Crippen molar-refractivity contribution in [1.29, 1.82) is 0 Å². The minimum absolute atomic E-state index is 0.206. The maximum Gasteiger partial charge on any atom is 0.348 e. The van der Waals surface area contributed by atoms with E-state index in [4.69, 9.17) is 9.47 Å². The van der Waals surface area contributed by atoms with Crippen molar-refractivity contribution in [1.82, 2.24) is 9.55 Å². The second-order valence-electron chi connectivity index (χ2n) is 7.10. The molecule has 148 valence electrons. The highest BCUT2D eigenvalue weighted by molar-refractivity contribution is 7.20. The van der Waals surface area contributed by atoms with Gasteiger partial charge in [0.1, 0.15) is 15.7 Å². The van der Waals surface area contributed by atoms with Gasteiger partial charge in [-0.05, 0) is 38.7 Å². The van der Waals surface area contributed by atoms with E-state index in [-0.39, 0.29) is 17.6 Å². The van der Waals surface area contributed by atoms with Crippen molar-refractivity contribution in [3.63, 3.8) is 0 Å². The van der Waals surface area contributed by atoms with Crippen LogP contribution in [-0.2, 0) is 14.3 Å². The first-order valence-electron chi connectivity index (χ1n) is 9.05. The Labute approximate surface area is 162 Å². The van der Waals surface area contributed by atoms with Gasteiger partial charge in [-0.2, -0.15) is 0 Å². The molecule has 0 aliphatic heterocycles. The van der Waals surface area contributed by atoms with Crippen LogP contribution in [0.3, 0.4) is 0 Å². The number of esters is 2. The van der Waals surface area contributed by atoms with Gasteiger partial charge < -0.3 is 9.47 Å². The highest BCUT2D eigenvalue weighted by Gasteiger charge is 2.26. The minimum Gasteiger partial charge on any atom is -0.464 e. The number of carbonyl (C=O) groups is 2. The van der Waals surface area contributed by atoms with Crippen molar-refractivity contribution in [3.05, 3.63) is 27.1 Å². The van der Waals surface area contributed by atoms with Crippen LogP contribution in [0.25, 0.3) is 10.2 Å². The molecule has 1 atom stereocenters. The molecule has 0 N–H and O–H groups in total. The summed E-state index contributed by atoms with van der Waals surface area (Å²) >= 11 is 1.12. The molecule has 1 unspecified atom stereocenters. The van der Waals surface area contributed by atoms with Crippen LogP contribution in [0.15, 0.2) is 11.1 Å². The average molecular weight is 394 g/mol. The molecule has 7 nitrogen and oxygen atoms in total. The highest BCUT2D eigenvalue weighted by atomic mass is 32.1. The summed E-state index contributed by atoms with van der Waals surface area (Å²) in [6.45, 7) is 11.2. The summed E-state index contributed by atoms with van der Waals surface area (Å²) in [6.07, 6.45) is 1.49. The number of thiophene rings is 1. The molecule has 2 rings (SSSR count). The molecule has 2 aromatic rings. The van der Waals surface area contributed by atoms with Gasteiger partial charge in [-0.15, -0.1) is 11.3 Å². The quantitative estimate of drug-likeness (QED) is 0.668. The zero-order valence-electron chi connectivity index (χ0n) is 16.6. The summed E-state index contributed by atoms with van der Waals surface area (Å²) in [5.74, 6) is -0.723. The Hall–Kier alpha value is -2.22. The van der Waals surface area contributed by atoms with E-state index in [1.807, 2.05) is 20.8 Å². The summed E-state index contributed by atoms with van der Waals surface area (Å²) in [7, 11) is 0. The molecule has 8 heteroatoms. The first-order chi connectivity index (χ1) is 12.7. The second-order valence-corrected chi connectivity index (χ2v) is 8.09. The van der Waals surface area contributed by atoms with Crippen LogP contribution < -0.4 is 5.56 Å². The molecule has 0 aromatic carbocycles. The number of rotatable bonds is 7. The number of carbonyl (C=O) groups excluding carboxylic acids is 2. The summed E-state index contributed by atoms with van der Waals surface area (Å²) < 4.78 is 11.8. The lowest BCUT2D eigenvalue weighted by atomic mass is 10.2. The fourth-order valence-corrected chi connectivity index (χ4v) is 3.67. The molecule has 0 amide bonds. The molecule has 2 heterocycles. The number of fused-ring (bicyclic) bond motifs is 1. The van der Waals surface area contributed by atoms with Gasteiger partial charge in [0.05, 0.1) is 24.4 Å². The van der Waals surface area contributed by atoms with Gasteiger partial charge in [-0.1, -0.05) is 20.8 Å². The largest absolute Gasteiger partial charge is 0.464 e. The van der Waals surface area contributed by atoms with Crippen LogP contribution in [0.1, 0.15) is 62.3 Å². The van der Waals surface area contributed by atoms with E-state index in [9.17, 15) is 14.4 Å². The number of aromatic nitrogens is 2. The first kappa shape index (κ1) is 21.1. The van der Waals surface area contributed by atoms with E-state index in [0.717, 1.165) is 11.3 Å². The normalized spacial score (nSPS) is 12.6. The first-order valence-corrected chi connectivity index (χ1v) is 9.86. The zero-order chi connectivity index (χ0) is 20.3. The fourth-order valence-electron chi connectivity index (χ4n) is 2.64. The van der Waals surface area contributed by atoms with Crippen molar-refractivity contribution in [2.75, 3.05) is 6.61 Å². The molecule has 27 heavy (non-hydrogen) atoms. The molecular weight excluding hydrogens is 368 g/mol. The minimum atomic E-state index is -0.751. The van der Waals surface area contributed by atoms with Crippen molar-refractivity contribution in [2.24, 2.45) is 5.92 Å². The third-order valence-corrected chi connectivity index (χ3v) is 5.14. The number of ether oxygens (including phenoxy) is 2. The molecule has 0 aliphatic carbocycles. The van der Waals surface area contributed by atoms with Gasteiger partial charge in [-0.25, -0.2) is 14.6 Å². The lowest BCUT2D eigenvalue weighted by Gasteiger charge is -2.17. The predicted octanol–water partition coefficient (Wildman–Crippen LogP) is 3.48. The van der Waals surface area contributed by atoms with Crippen LogP contribution in [-0.4, -0.2) is 34.2 Å².